The SMILES string of the molecule is C=C(Br)C[C@@H]1O[C@H]1C=O. The molecule has 0 aliphatic carbocycles. The van der Waals surface area contributed by atoms with Crippen LogP contribution in [0.3, 0.4) is 0 Å². The molecule has 3 heteroatoms. The van der Waals surface area contributed by atoms with Crippen molar-refractivity contribution in [1.82, 2.24) is 0 Å². The highest BCUT2D eigenvalue weighted by atomic mass is 79.9. The van der Waals surface area contributed by atoms with Crippen LogP contribution in [0.4, 0.5) is 0 Å². The Morgan fingerprint density at radius 3 is 2.89 bits per heavy atom. The third kappa shape index (κ3) is 1.91. The van der Waals surface area contributed by atoms with Gasteiger partial charge in [0.05, 0.1) is 6.10 Å². The molecule has 1 rings (SSSR count). The summed E-state index contributed by atoms with van der Waals surface area (Å²) in [5, 5.41) is 0. The van der Waals surface area contributed by atoms with E-state index in [1.807, 2.05) is 0 Å². The fourth-order valence-electron chi connectivity index (χ4n) is 0.659. The normalized spacial score (nSPS) is 31.7. The van der Waals surface area contributed by atoms with E-state index in [4.69, 9.17) is 4.74 Å². The second-order valence-corrected chi connectivity index (χ2v) is 3.12. The Morgan fingerprint density at radius 2 is 2.56 bits per heavy atom. The van der Waals surface area contributed by atoms with Crippen LogP contribution >= 0.6 is 15.9 Å². The Hall–Kier alpha value is -0.150. The van der Waals surface area contributed by atoms with Crippen LogP contribution in [-0.4, -0.2) is 18.5 Å². The van der Waals surface area contributed by atoms with Crippen LogP contribution in [0.5, 0.6) is 0 Å². The van der Waals surface area contributed by atoms with Gasteiger partial charge in [0.2, 0.25) is 0 Å². The lowest BCUT2D eigenvalue weighted by molar-refractivity contribution is -0.108. The minimum Gasteiger partial charge on any atom is -0.361 e. The summed E-state index contributed by atoms with van der Waals surface area (Å²) in [6.45, 7) is 3.62. The van der Waals surface area contributed by atoms with Gasteiger partial charge in [0, 0.05) is 6.42 Å². The lowest BCUT2D eigenvalue weighted by Crippen LogP contribution is -1.93. The molecule has 1 saturated heterocycles. The van der Waals surface area contributed by atoms with E-state index >= 15 is 0 Å². The van der Waals surface area contributed by atoms with Crippen molar-refractivity contribution in [3.63, 3.8) is 0 Å². The number of ether oxygens (including phenoxy) is 1. The Morgan fingerprint density at radius 1 is 1.89 bits per heavy atom. The van der Waals surface area contributed by atoms with E-state index in [-0.39, 0.29) is 12.2 Å². The summed E-state index contributed by atoms with van der Waals surface area (Å²) in [6.07, 6.45) is 1.48. The number of hydrogen-bond donors (Lipinski definition) is 0. The second-order valence-electron chi connectivity index (χ2n) is 2.00. The van der Waals surface area contributed by atoms with Crippen molar-refractivity contribution in [3.05, 3.63) is 11.1 Å². The molecule has 0 amide bonds. The Kier molecular flexibility index (Phi) is 2.03. The highest BCUT2D eigenvalue weighted by Gasteiger charge is 2.38. The van der Waals surface area contributed by atoms with Crippen molar-refractivity contribution in [3.8, 4) is 0 Å². The maximum absolute atomic E-state index is 9.99. The van der Waals surface area contributed by atoms with Crippen molar-refractivity contribution in [2.24, 2.45) is 0 Å². The molecule has 0 aromatic carbocycles. The van der Waals surface area contributed by atoms with Crippen LogP contribution in [0.1, 0.15) is 6.42 Å². The predicted molar refractivity (Wildman–Crippen MR) is 37.4 cm³/mol. The van der Waals surface area contributed by atoms with Crippen LogP contribution in [-0.2, 0) is 9.53 Å². The van der Waals surface area contributed by atoms with Gasteiger partial charge in [-0.3, -0.25) is 0 Å². The average Bonchev–Trinajstić information content (AvgIpc) is 2.45. The van der Waals surface area contributed by atoms with Crippen molar-refractivity contribution >= 4 is 22.2 Å². The van der Waals surface area contributed by atoms with Gasteiger partial charge >= 0.3 is 0 Å². The minimum absolute atomic E-state index is 0.0920. The van der Waals surface area contributed by atoms with Gasteiger partial charge in [-0.05, 0) is 4.48 Å². The molecule has 2 atom stereocenters. The largest absolute Gasteiger partial charge is 0.361 e. The second kappa shape index (κ2) is 2.62. The summed E-state index contributed by atoms with van der Waals surface area (Å²) < 4.78 is 5.80. The number of carbonyl (C=O) groups excluding carboxylic acids is 1. The zero-order chi connectivity index (χ0) is 6.85. The molecule has 0 radical (unpaired) electrons. The van der Waals surface area contributed by atoms with Gasteiger partial charge in [-0.25, -0.2) is 0 Å². The smallest absolute Gasteiger partial charge is 0.151 e. The van der Waals surface area contributed by atoms with Crippen LogP contribution in [0.2, 0.25) is 0 Å². The van der Waals surface area contributed by atoms with Crippen LogP contribution in [0, 0.1) is 0 Å². The molecule has 50 valence electrons. The number of epoxide rings is 1. The molecule has 0 spiro atoms. The molecule has 0 bridgehead atoms. The standard InChI is InChI=1S/C6H7BrO2/c1-4(7)2-5-6(3-8)9-5/h3,5-6H,1-2H2/t5-,6-/m0/s1. The molecule has 0 aromatic heterocycles. The highest BCUT2D eigenvalue weighted by molar-refractivity contribution is 9.11. The van der Waals surface area contributed by atoms with Gasteiger partial charge < -0.3 is 9.53 Å². The maximum Gasteiger partial charge on any atom is 0.151 e. The summed E-state index contributed by atoms with van der Waals surface area (Å²) in [5.74, 6) is 0. The molecule has 0 N–H and O–H groups in total. The van der Waals surface area contributed by atoms with Crippen molar-refractivity contribution in [2.75, 3.05) is 0 Å². The van der Waals surface area contributed by atoms with Crippen LogP contribution < -0.4 is 0 Å². The average molecular weight is 191 g/mol. The lowest BCUT2D eigenvalue weighted by Gasteiger charge is -1.86. The molecule has 9 heavy (non-hydrogen) atoms. The number of aldehydes is 1. The molecule has 2 nitrogen and oxygen atoms in total. The highest BCUT2D eigenvalue weighted by Crippen LogP contribution is 2.27. The van der Waals surface area contributed by atoms with Gasteiger partial charge in [0.15, 0.2) is 6.29 Å². The Bertz CT molecular complexity index is 144. The van der Waals surface area contributed by atoms with E-state index in [1.165, 1.54) is 0 Å². The van der Waals surface area contributed by atoms with Crippen molar-refractivity contribution in [1.29, 1.82) is 0 Å². The molecule has 1 aliphatic heterocycles. The summed E-state index contributed by atoms with van der Waals surface area (Å²) >= 11 is 3.18. The number of halogens is 1. The van der Waals surface area contributed by atoms with Crippen LogP contribution in [0.15, 0.2) is 11.1 Å². The fourth-order valence-corrected chi connectivity index (χ4v) is 0.978. The zero-order valence-corrected chi connectivity index (χ0v) is 6.43. The Labute approximate surface area is 62.0 Å². The van der Waals surface area contributed by atoms with Gasteiger partial charge in [-0.15, -0.1) is 0 Å². The Balaban J connectivity index is 2.19. The maximum atomic E-state index is 9.99. The minimum atomic E-state index is -0.167. The van der Waals surface area contributed by atoms with E-state index in [0.29, 0.717) is 0 Å². The molecule has 1 aliphatic rings. The monoisotopic (exact) mass is 190 g/mol. The van der Waals surface area contributed by atoms with E-state index in [1.54, 1.807) is 0 Å². The molecule has 1 fully saturated rings. The first-order valence-electron chi connectivity index (χ1n) is 2.68. The third-order valence-electron chi connectivity index (χ3n) is 1.18. The van der Waals surface area contributed by atoms with E-state index in [9.17, 15) is 4.79 Å². The summed E-state index contributed by atoms with van der Waals surface area (Å²) in [7, 11) is 0. The molecule has 0 saturated carbocycles. The summed E-state index contributed by atoms with van der Waals surface area (Å²) in [4.78, 5) is 9.99. The number of hydrogen-bond acceptors (Lipinski definition) is 2. The number of rotatable bonds is 3. The molecule has 0 aromatic rings. The summed E-state index contributed by atoms with van der Waals surface area (Å²) in [6, 6.07) is 0. The van der Waals surface area contributed by atoms with E-state index < -0.39 is 0 Å². The number of carbonyl (C=O) groups is 1. The van der Waals surface area contributed by atoms with Crippen molar-refractivity contribution < 1.29 is 9.53 Å². The molecular formula is C6H7BrO2. The van der Waals surface area contributed by atoms with Crippen molar-refractivity contribution in [2.45, 2.75) is 18.6 Å². The van der Waals surface area contributed by atoms with Crippen LogP contribution in [0.25, 0.3) is 0 Å². The third-order valence-corrected chi connectivity index (χ3v) is 1.50. The van der Waals surface area contributed by atoms with Gasteiger partial charge in [0.25, 0.3) is 0 Å². The molecule has 1 heterocycles. The zero-order valence-electron chi connectivity index (χ0n) is 4.84. The van der Waals surface area contributed by atoms with Gasteiger partial charge in [-0.1, -0.05) is 22.5 Å². The predicted octanol–water partition coefficient (Wildman–Crippen LogP) is 1.25. The van der Waals surface area contributed by atoms with E-state index in [2.05, 4.69) is 22.5 Å². The lowest BCUT2D eigenvalue weighted by atomic mass is 10.2. The summed E-state index contributed by atoms with van der Waals surface area (Å²) in [5.41, 5.74) is 0. The molecular weight excluding hydrogens is 184 g/mol. The first-order chi connectivity index (χ1) is 4.24. The van der Waals surface area contributed by atoms with Gasteiger partial charge in [0.1, 0.15) is 6.10 Å². The van der Waals surface area contributed by atoms with E-state index in [0.717, 1.165) is 17.2 Å². The first-order valence-corrected chi connectivity index (χ1v) is 3.47. The topological polar surface area (TPSA) is 29.6 Å². The van der Waals surface area contributed by atoms with Gasteiger partial charge in [-0.2, -0.15) is 0 Å². The first kappa shape index (κ1) is 6.96. The molecule has 0 unspecified atom stereocenters. The quantitative estimate of drug-likeness (QED) is 0.496. The fraction of sp³-hybridized carbons (Fsp3) is 0.500.